The van der Waals surface area contributed by atoms with Crippen molar-refractivity contribution in [2.75, 3.05) is 20.2 Å². The highest BCUT2D eigenvalue weighted by Gasteiger charge is 2.29. The van der Waals surface area contributed by atoms with Crippen molar-refractivity contribution < 1.29 is 9.53 Å². The summed E-state index contributed by atoms with van der Waals surface area (Å²) in [6.07, 6.45) is 5.32. The number of hydrogen-bond acceptors (Lipinski definition) is 5. The number of nitrogens with zero attached hydrogens (tertiary/aromatic N) is 5. The molecule has 5 rings (SSSR count). The fourth-order valence-electron chi connectivity index (χ4n) is 4.08. The van der Waals surface area contributed by atoms with Crippen LogP contribution >= 0.6 is 0 Å². The molecule has 0 atom stereocenters. The van der Waals surface area contributed by atoms with Crippen LogP contribution in [0.2, 0.25) is 0 Å². The number of likely N-dealkylation sites (tertiary alicyclic amines) is 1. The second-order valence-corrected chi connectivity index (χ2v) is 7.44. The topological polar surface area (TPSA) is 88.4 Å². The first kappa shape index (κ1) is 18.4. The molecule has 0 radical (unpaired) electrons. The van der Waals surface area contributed by atoms with Gasteiger partial charge in [0.05, 0.1) is 24.6 Å². The van der Waals surface area contributed by atoms with Gasteiger partial charge in [-0.3, -0.25) is 14.3 Å². The van der Waals surface area contributed by atoms with Crippen LogP contribution in [-0.4, -0.2) is 55.8 Å². The van der Waals surface area contributed by atoms with E-state index in [0.717, 1.165) is 41.3 Å². The maximum absolute atomic E-state index is 13.2. The summed E-state index contributed by atoms with van der Waals surface area (Å²) in [5.41, 5.74) is 3.08. The summed E-state index contributed by atoms with van der Waals surface area (Å²) in [5.74, 6) is 2.03. The van der Waals surface area contributed by atoms with Crippen molar-refractivity contribution in [1.29, 1.82) is 0 Å². The number of methoxy groups -OCH3 is 1. The Balaban J connectivity index is 1.31. The van der Waals surface area contributed by atoms with Gasteiger partial charge in [0.1, 0.15) is 11.6 Å². The molecular weight excluding hydrogens is 380 g/mol. The Bertz CT molecular complexity index is 1170. The van der Waals surface area contributed by atoms with Gasteiger partial charge in [-0.1, -0.05) is 6.07 Å². The lowest BCUT2D eigenvalue weighted by atomic mass is 9.95. The summed E-state index contributed by atoms with van der Waals surface area (Å²) >= 11 is 0. The van der Waals surface area contributed by atoms with Crippen molar-refractivity contribution in [1.82, 2.24) is 29.7 Å². The summed E-state index contributed by atoms with van der Waals surface area (Å²) in [6, 6.07) is 13.5. The summed E-state index contributed by atoms with van der Waals surface area (Å²) in [7, 11) is 1.63. The van der Waals surface area contributed by atoms with E-state index in [9.17, 15) is 4.79 Å². The van der Waals surface area contributed by atoms with Gasteiger partial charge in [0.25, 0.3) is 5.91 Å². The predicted molar refractivity (Wildman–Crippen MR) is 111 cm³/mol. The van der Waals surface area contributed by atoms with Crippen LogP contribution in [0.15, 0.2) is 54.9 Å². The minimum absolute atomic E-state index is 0.000815. The molecule has 1 N–H and O–H groups in total. The molecule has 152 valence electrons. The number of piperidine rings is 1. The van der Waals surface area contributed by atoms with Gasteiger partial charge in [-0.2, -0.15) is 5.10 Å². The molecule has 4 aromatic rings. The molecule has 30 heavy (non-hydrogen) atoms. The summed E-state index contributed by atoms with van der Waals surface area (Å²) < 4.78 is 7.26. The highest BCUT2D eigenvalue weighted by atomic mass is 16.5. The maximum atomic E-state index is 13.2. The van der Waals surface area contributed by atoms with Crippen LogP contribution in [0.4, 0.5) is 0 Å². The van der Waals surface area contributed by atoms with Crippen molar-refractivity contribution in [3.8, 4) is 17.0 Å². The van der Waals surface area contributed by atoms with Crippen molar-refractivity contribution in [2.24, 2.45) is 0 Å². The largest absolute Gasteiger partial charge is 0.497 e. The van der Waals surface area contributed by atoms with E-state index in [1.165, 1.54) is 0 Å². The first-order valence-corrected chi connectivity index (χ1v) is 10.0. The maximum Gasteiger partial charge on any atom is 0.257 e. The Morgan fingerprint density at radius 1 is 1.10 bits per heavy atom. The SMILES string of the molecule is COc1ccc(-c2[nH]ncc2C(=O)N2CCC(c3nnc4ccccn34)CC2)cc1. The van der Waals surface area contributed by atoms with E-state index >= 15 is 0 Å². The summed E-state index contributed by atoms with van der Waals surface area (Å²) in [5, 5.41) is 15.7. The second kappa shape index (κ2) is 7.62. The van der Waals surface area contributed by atoms with E-state index in [2.05, 4.69) is 20.4 Å². The quantitative estimate of drug-likeness (QED) is 0.567. The summed E-state index contributed by atoms with van der Waals surface area (Å²) in [6.45, 7) is 1.36. The van der Waals surface area contributed by atoms with E-state index in [1.54, 1.807) is 13.3 Å². The molecule has 3 aromatic heterocycles. The number of pyridine rings is 1. The number of benzene rings is 1. The van der Waals surface area contributed by atoms with Crippen molar-refractivity contribution in [3.63, 3.8) is 0 Å². The molecule has 0 saturated carbocycles. The average Bonchev–Trinajstić information content (AvgIpc) is 3.46. The molecule has 4 heterocycles. The Labute approximate surface area is 173 Å². The van der Waals surface area contributed by atoms with Crippen LogP contribution in [0.25, 0.3) is 16.9 Å². The van der Waals surface area contributed by atoms with Crippen LogP contribution in [-0.2, 0) is 0 Å². The third-order valence-corrected chi connectivity index (χ3v) is 5.74. The average molecular weight is 402 g/mol. The number of fused-ring (bicyclic) bond motifs is 1. The molecule has 1 aliphatic rings. The first-order valence-electron chi connectivity index (χ1n) is 10.0. The number of rotatable bonds is 4. The van der Waals surface area contributed by atoms with Crippen LogP contribution in [0.5, 0.6) is 5.75 Å². The van der Waals surface area contributed by atoms with Gasteiger partial charge in [0, 0.05) is 30.8 Å². The minimum Gasteiger partial charge on any atom is -0.497 e. The van der Waals surface area contributed by atoms with Crippen molar-refractivity contribution in [3.05, 3.63) is 66.2 Å². The monoisotopic (exact) mass is 402 g/mol. The molecule has 1 fully saturated rings. The third kappa shape index (κ3) is 3.20. The van der Waals surface area contributed by atoms with E-state index < -0.39 is 0 Å². The smallest absolute Gasteiger partial charge is 0.257 e. The number of aromatic amines is 1. The molecule has 0 bridgehead atoms. The van der Waals surface area contributed by atoms with Gasteiger partial charge in [-0.15, -0.1) is 10.2 Å². The number of carbonyl (C=O) groups excluding carboxylic acids is 1. The van der Waals surface area contributed by atoms with Gasteiger partial charge in [0.2, 0.25) is 0 Å². The predicted octanol–water partition coefficient (Wildman–Crippen LogP) is 3.15. The van der Waals surface area contributed by atoms with Crippen molar-refractivity contribution in [2.45, 2.75) is 18.8 Å². The highest BCUT2D eigenvalue weighted by molar-refractivity contribution is 5.99. The number of nitrogens with one attached hydrogen (secondary N) is 1. The van der Waals surface area contributed by atoms with Crippen LogP contribution in [0.3, 0.4) is 0 Å². The first-order chi connectivity index (χ1) is 14.7. The van der Waals surface area contributed by atoms with Crippen LogP contribution in [0.1, 0.15) is 34.9 Å². The molecule has 1 aliphatic heterocycles. The summed E-state index contributed by atoms with van der Waals surface area (Å²) in [4.78, 5) is 15.1. The number of ether oxygens (including phenoxy) is 1. The van der Waals surface area contributed by atoms with E-state index in [0.29, 0.717) is 18.7 Å². The lowest BCUT2D eigenvalue weighted by molar-refractivity contribution is 0.0711. The highest BCUT2D eigenvalue weighted by Crippen LogP contribution is 2.30. The minimum atomic E-state index is -0.000815. The zero-order valence-electron chi connectivity index (χ0n) is 16.7. The van der Waals surface area contributed by atoms with Crippen LogP contribution < -0.4 is 4.74 Å². The molecule has 1 aromatic carbocycles. The molecule has 0 spiro atoms. The zero-order chi connectivity index (χ0) is 20.5. The Hall–Kier alpha value is -3.68. The third-order valence-electron chi connectivity index (χ3n) is 5.74. The molecule has 8 nitrogen and oxygen atoms in total. The normalized spacial score (nSPS) is 14.9. The fourth-order valence-corrected chi connectivity index (χ4v) is 4.08. The van der Waals surface area contributed by atoms with Gasteiger partial charge < -0.3 is 9.64 Å². The van der Waals surface area contributed by atoms with E-state index in [4.69, 9.17) is 4.74 Å². The Morgan fingerprint density at radius 2 is 1.90 bits per heavy atom. The molecule has 0 aliphatic carbocycles. The van der Waals surface area contributed by atoms with Gasteiger partial charge in [0.15, 0.2) is 5.65 Å². The fraction of sp³-hybridized carbons (Fsp3) is 0.273. The molecule has 1 amide bonds. The molecular formula is C22H22N6O2. The van der Waals surface area contributed by atoms with Gasteiger partial charge in [-0.05, 0) is 49.2 Å². The van der Waals surface area contributed by atoms with Gasteiger partial charge in [-0.25, -0.2) is 0 Å². The number of hydrogen-bond donors (Lipinski definition) is 1. The van der Waals surface area contributed by atoms with E-state index in [1.807, 2.05) is 58.0 Å². The van der Waals surface area contributed by atoms with Crippen LogP contribution in [0, 0.1) is 0 Å². The number of carbonyl (C=O) groups is 1. The number of aromatic nitrogens is 5. The molecule has 1 saturated heterocycles. The Kier molecular flexibility index (Phi) is 4.66. The standard InChI is InChI=1S/C22H22N6O2/c1-30-17-7-5-15(6-8-17)20-18(14-23-25-20)22(29)27-12-9-16(10-13-27)21-26-24-19-4-2-3-11-28(19)21/h2-8,11,14,16H,9-10,12-13H2,1H3,(H,23,25). The second-order valence-electron chi connectivity index (χ2n) is 7.44. The molecule has 0 unspecified atom stereocenters. The van der Waals surface area contributed by atoms with E-state index in [-0.39, 0.29) is 11.8 Å². The number of amides is 1. The lowest BCUT2D eigenvalue weighted by Gasteiger charge is -2.31. The number of H-pyrrole nitrogens is 1. The molecule has 8 heteroatoms. The van der Waals surface area contributed by atoms with Gasteiger partial charge >= 0.3 is 0 Å². The lowest BCUT2D eigenvalue weighted by Crippen LogP contribution is -2.38. The zero-order valence-corrected chi connectivity index (χ0v) is 16.7. The van der Waals surface area contributed by atoms with Crippen molar-refractivity contribution >= 4 is 11.6 Å². The Morgan fingerprint density at radius 3 is 2.67 bits per heavy atom.